The third-order valence-corrected chi connectivity index (χ3v) is 4.20. The van der Waals surface area contributed by atoms with Crippen molar-refractivity contribution in [3.63, 3.8) is 0 Å². The number of fused-ring (bicyclic) bond motifs is 2. The molecule has 3 atom stereocenters. The highest BCUT2D eigenvalue weighted by atomic mass is 16.3. The van der Waals surface area contributed by atoms with E-state index in [4.69, 9.17) is 5.11 Å². The fourth-order valence-electron chi connectivity index (χ4n) is 2.97. The number of aliphatic hydroxyl groups is 2. The Kier molecular flexibility index (Phi) is 1.65. The summed E-state index contributed by atoms with van der Waals surface area (Å²) in [6.45, 7) is 3.71. The standard InChI is InChI=1S/C10H16O3/c1-9(2)6-3-7(9)10(13,5-11)8(12)4-6/h6-7,11,13H,3-5H2,1-2H3. The Labute approximate surface area is 77.8 Å². The maximum Gasteiger partial charge on any atom is 0.167 e. The van der Waals surface area contributed by atoms with Gasteiger partial charge in [0.2, 0.25) is 0 Å². The number of hydrogen-bond acceptors (Lipinski definition) is 3. The Morgan fingerprint density at radius 1 is 1.54 bits per heavy atom. The van der Waals surface area contributed by atoms with Crippen molar-refractivity contribution in [2.24, 2.45) is 17.3 Å². The predicted octanol–water partition coefficient (Wildman–Crippen LogP) is 0.345. The molecule has 0 radical (unpaired) electrons. The molecule has 74 valence electrons. The van der Waals surface area contributed by atoms with E-state index in [9.17, 15) is 9.90 Å². The zero-order valence-corrected chi connectivity index (χ0v) is 8.08. The van der Waals surface area contributed by atoms with Gasteiger partial charge in [0.25, 0.3) is 0 Å². The number of aliphatic hydroxyl groups excluding tert-OH is 1. The molecule has 0 aliphatic heterocycles. The Bertz CT molecular complexity index is 259. The smallest absolute Gasteiger partial charge is 0.167 e. The first-order chi connectivity index (χ1) is 5.93. The highest BCUT2D eigenvalue weighted by Gasteiger charge is 2.64. The summed E-state index contributed by atoms with van der Waals surface area (Å²) in [5.74, 6) is 0.198. The van der Waals surface area contributed by atoms with E-state index < -0.39 is 12.2 Å². The van der Waals surface area contributed by atoms with Crippen LogP contribution < -0.4 is 0 Å². The zero-order chi connectivity index (χ0) is 9.85. The molecule has 0 aromatic heterocycles. The summed E-state index contributed by atoms with van der Waals surface area (Å²) in [5.41, 5.74) is -1.43. The summed E-state index contributed by atoms with van der Waals surface area (Å²) < 4.78 is 0. The number of hydrogen-bond donors (Lipinski definition) is 2. The lowest BCUT2D eigenvalue weighted by Gasteiger charge is -2.61. The summed E-state index contributed by atoms with van der Waals surface area (Å²) >= 11 is 0. The summed E-state index contributed by atoms with van der Waals surface area (Å²) in [6.07, 6.45) is 1.32. The first-order valence-electron chi connectivity index (χ1n) is 4.79. The Morgan fingerprint density at radius 3 is 2.54 bits per heavy atom. The van der Waals surface area contributed by atoms with Gasteiger partial charge in [0.15, 0.2) is 5.78 Å². The highest BCUT2D eigenvalue weighted by molar-refractivity contribution is 5.90. The minimum absolute atomic E-state index is 0.0192. The second-order valence-corrected chi connectivity index (χ2v) is 5.02. The van der Waals surface area contributed by atoms with Crippen LogP contribution in [-0.2, 0) is 4.79 Å². The van der Waals surface area contributed by atoms with Crippen LogP contribution in [0.25, 0.3) is 0 Å². The quantitative estimate of drug-likeness (QED) is 0.618. The van der Waals surface area contributed by atoms with Gasteiger partial charge >= 0.3 is 0 Å². The van der Waals surface area contributed by atoms with Gasteiger partial charge in [-0.3, -0.25) is 4.79 Å². The Morgan fingerprint density at radius 2 is 2.15 bits per heavy atom. The van der Waals surface area contributed by atoms with Crippen LogP contribution in [0.5, 0.6) is 0 Å². The lowest BCUT2D eigenvalue weighted by atomic mass is 9.44. The summed E-state index contributed by atoms with van der Waals surface area (Å²) in [6, 6.07) is 0. The molecule has 2 bridgehead atoms. The average Bonchev–Trinajstić information content (AvgIpc) is 2.08. The van der Waals surface area contributed by atoms with Crippen molar-refractivity contribution in [1.29, 1.82) is 0 Å². The summed E-state index contributed by atoms with van der Waals surface area (Å²) in [4.78, 5) is 11.5. The molecule has 3 nitrogen and oxygen atoms in total. The van der Waals surface area contributed by atoms with Crippen molar-refractivity contribution in [1.82, 2.24) is 0 Å². The number of carbonyl (C=O) groups excluding carboxylic acids is 1. The van der Waals surface area contributed by atoms with Crippen molar-refractivity contribution < 1.29 is 15.0 Å². The molecule has 3 unspecified atom stereocenters. The second kappa shape index (κ2) is 2.34. The van der Waals surface area contributed by atoms with E-state index in [-0.39, 0.29) is 17.1 Å². The molecule has 3 rings (SSSR count). The Hall–Kier alpha value is -0.410. The van der Waals surface area contributed by atoms with Crippen molar-refractivity contribution in [3.05, 3.63) is 0 Å². The first kappa shape index (κ1) is 9.16. The Balaban J connectivity index is 2.33. The monoisotopic (exact) mass is 184 g/mol. The normalized spacial score (nSPS) is 47.2. The van der Waals surface area contributed by atoms with Crippen molar-refractivity contribution in [3.8, 4) is 0 Å². The van der Waals surface area contributed by atoms with Crippen LogP contribution in [0.2, 0.25) is 0 Å². The van der Waals surface area contributed by atoms with E-state index in [1.165, 1.54) is 0 Å². The fourth-order valence-corrected chi connectivity index (χ4v) is 2.97. The highest BCUT2D eigenvalue weighted by Crippen LogP contribution is 2.61. The minimum atomic E-state index is -1.45. The molecular weight excluding hydrogens is 168 g/mol. The van der Waals surface area contributed by atoms with E-state index in [1.54, 1.807) is 0 Å². The van der Waals surface area contributed by atoms with E-state index >= 15 is 0 Å². The molecule has 2 N–H and O–H groups in total. The van der Waals surface area contributed by atoms with Gasteiger partial charge in [-0.25, -0.2) is 0 Å². The lowest BCUT2D eigenvalue weighted by Crippen LogP contribution is -2.67. The van der Waals surface area contributed by atoms with E-state index in [0.29, 0.717) is 12.3 Å². The van der Waals surface area contributed by atoms with Gasteiger partial charge in [-0.1, -0.05) is 13.8 Å². The van der Waals surface area contributed by atoms with Crippen LogP contribution >= 0.6 is 0 Å². The van der Waals surface area contributed by atoms with Gasteiger partial charge in [-0.05, 0) is 17.8 Å². The predicted molar refractivity (Wildman–Crippen MR) is 47.0 cm³/mol. The number of Topliss-reactive ketones (excluding diaryl/α,β-unsaturated/α-hetero) is 1. The maximum atomic E-state index is 11.5. The maximum absolute atomic E-state index is 11.5. The van der Waals surface area contributed by atoms with Crippen LogP contribution in [0.3, 0.4) is 0 Å². The molecule has 3 aliphatic carbocycles. The molecule has 0 spiro atoms. The first-order valence-corrected chi connectivity index (χ1v) is 4.79. The van der Waals surface area contributed by atoms with E-state index in [2.05, 4.69) is 13.8 Å². The van der Waals surface area contributed by atoms with E-state index in [1.807, 2.05) is 0 Å². The fraction of sp³-hybridized carbons (Fsp3) is 0.900. The third-order valence-electron chi connectivity index (χ3n) is 4.20. The van der Waals surface area contributed by atoms with Gasteiger partial charge in [0.05, 0.1) is 6.61 Å². The van der Waals surface area contributed by atoms with Gasteiger partial charge in [-0.15, -0.1) is 0 Å². The molecule has 3 heteroatoms. The third kappa shape index (κ3) is 0.891. The van der Waals surface area contributed by atoms with Crippen molar-refractivity contribution in [2.45, 2.75) is 32.3 Å². The molecule has 0 aromatic carbocycles. The van der Waals surface area contributed by atoms with Crippen molar-refractivity contribution >= 4 is 5.78 Å². The number of rotatable bonds is 1. The largest absolute Gasteiger partial charge is 0.393 e. The average molecular weight is 184 g/mol. The van der Waals surface area contributed by atoms with Crippen LogP contribution in [0.4, 0.5) is 0 Å². The lowest BCUT2D eigenvalue weighted by molar-refractivity contribution is -0.210. The number of carbonyl (C=O) groups is 1. The molecule has 0 saturated heterocycles. The van der Waals surface area contributed by atoms with Crippen molar-refractivity contribution in [2.75, 3.05) is 6.61 Å². The van der Waals surface area contributed by atoms with Gasteiger partial charge in [0.1, 0.15) is 5.60 Å². The van der Waals surface area contributed by atoms with Gasteiger partial charge in [0, 0.05) is 12.3 Å². The molecular formula is C10H16O3. The van der Waals surface area contributed by atoms with E-state index in [0.717, 1.165) is 6.42 Å². The zero-order valence-electron chi connectivity index (χ0n) is 8.08. The molecule has 0 amide bonds. The van der Waals surface area contributed by atoms with Crippen LogP contribution in [0.1, 0.15) is 26.7 Å². The topological polar surface area (TPSA) is 57.5 Å². The number of ketones is 1. The molecule has 3 fully saturated rings. The van der Waals surface area contributed by atoms with Crippen LogP contribution in [-0.4, -0.2) is 28.2 Å². The summed E-state index contributed by atoms with van der Waals surface area (Å²) in [7, 11) is 0. The second-order valence-electron chi connectivity index (χ2n) is 5.02. The molecule has 0 heterocycles. The molecule has 3 aliphatic rings. The van der Waals surface area contributed by atoms with Gasteiger partial charge < -0.3 is 10.2 Å². The minimum Gasteiger partial charge on any atom is -0.393 e. The van der Waals surface area contributed by atoms with Crippen LogP contribution in [0.15, 0.2) is 0 Å². The van der Waals surface area contributed by atoms with Crippen LogP contribution in [0, 0.1) is 17.3 Å². The summed E-state index contributed by atoms with van der Waals surface area (Å²) in [5, 5.41) is 19.1. The molecule has 3 saturated carbocycles. The van der Waals surface area contributed by atoms with Gasteiger partial charge in [-0.2, -0.15) is 0 Å². The molecule has 13 heavy (non-hydrogen) atoms. The SMILES string of the molecule is CC1(C)C2CC(=O)C(O)(CO)C1C2. The molecule has 0 aromatic rings.